The summed E-state index contributed by atoms with van der Waals surface area (Å²) in [4.78, 5) is 10.4. The van der Waals surface area contributed by atoms with Gasteiger partial charge in [0.05, 0.1) is 16.6 Å². The van der Waals surface area contributed by atoms with Crippen molar-refractivity contribution in [1.82, 2.24) is 10.4 Å². The monoisotopic (exact) mass is 366 g/mol. The first-order valence-corrected chi connectivity index (χ1v) is 8.20. The van der Waals surface area contributed by atoms with E-state index >= 15 is 0 Å². The quantitative estimate of drug-likeness (QED) is 0.666. The minimum atomic E-state index is -0.238. The first-order chi connectivity index (χ1) is 11.5. The van der Waals surface area contributed by atoms with Crippen LogP contribution in [0.15, 0.2) is 47.7 Å². The maximum atomic E-state index is 11.1. The molecule has 0 amide bonds. The van der Waals surface area contributed by atoms with Crippen LogP contribution in [0.1, 0.15) is 18.6 Å². The van der Waals surface area contributed by atoms with Gasteiger partial charge in [-0.25, -0.2) is 10.1 Å². The molecule has 1 fully saturated rings. The third-order valence-corrected chi connectivity index (χ3v) is 4.18. The maximum Gasteiger partial charge on any atom is 0.223 e. The van der Waals surface area contributed by atoms with E-state index in [0.29, 0.717) is 34.8 Å². The van der Waals surface area contributed by atoms with Crippen LogP contribution < -0.4 is 10.0 Å². The highest BCUT2D eigenvalue weighted by atomic mass is 35.5. The van der Waals surface area contributed by atoms with Crippen LogP contribution in [-0.2, 0) is 4.84 Å². The summed E-state index contributed by atoms with van der Waals surface area (Å²) in [6.07, 6.45) is 2.64. The number of aliphatic imine (C=N–C) groups is 1. The van der Waals surface area contributed by atoms with Crippen molar-refractivity contribution in [3.05, 3.63) is 63.5 Å². The van der Waals surface area contributed by atoms with Crippen molar-refractivity contribution in [2.45, 2.75) is 13.0 Å². The molecule has 1 aliphatic heterocycles. The van der Waals surface area contributed by atoms with Gasteiger partial charge in [-0.2, -0.15) is 4.73 Å². The van der Waals surface area contributed by atoms with E-state index in [9.17, 15) is 5.21 Å². The van der Waals surface area contributed by atoms with Crippen LogP contribution in [0.25, 0.3) is 0 Å². The number of pyridine rings is 1. The summed E-state index contributed by atoms with van der Waals surface area (Å²) in [6, 6.07) is 8.69. The Morgan fingerprint density at radius 1 is 1.25 bits per heavy atom. The minimum absolute atomic E-state index is 0.238. The summed E-state index contributed by atoms with van der Waals surface area (Å²) in [5.41, 5.74) is 1.39. The smallest absolute Gasteiger partial charge is 0.223 e. The Morgan fingerprint density at radius 2 is 1.92 bits per heavy atom. The van der Waals surface area contributed by atoms with Gasteiger partial charge >= 0.3 is 0 Å². The number of hydrogen-bond donors (Lipinski definition) is 1. The molecule has 0 bridgehead atoms. The van der Waals surface area contributed by atoms with Crippen molar-refractivity contribution in [3.8, 4) is 0 Å². The standard InChI is InChI=1S/C16H16Cl2N4O2/c1-11(12-5-8-21(23)9-6-12)24-22-10-7-19-16(22)20-15-13(17)3-2-4-14(15)18/h2-6,8-9,11H,7,10H2,1H3,(H,19,20). The third kappa shape index (κ3) is 3.72. The van der Waals surface area contributed by atoms with E-state index in [1.807, 2.05) is 6.92 Å². The van der Waals surface area contributed by atoms with Crippen LogP contribution in [-0.4, -0.2) is 24.1 Å². The van der Waals surface area contributed by atoms with Crippen LogP contribution in [0.5, 0.6) is 0 Å². The summed E-state index contributed by atoms with van der Waals surface area (Å²) in [6.45, 7) is 3.24. The van der Waals surface area contributed by atoms with E-state index in [-0.39, 0.29) is 6.10 Å². The van der Waals surface area contributed by atoms with E-state index in [1.54, 1.807) is 35.4 Å². The summed E-state index contributed by atoms with van der Waals surface area (Å²) in [5, 5.41) is 16.9. The van der Waals surface area contributed by atoms with Gasteiger partial charge in [0.15, 0.2) is 12.4 Å². The molecule has 0 radical (unpaired) electrons. The number of guanidine groups is 1. The van der Waals surface area contributed by atoms with Crippen LogP contribution in [0.3, 0.4) is 0 Å². The van der Waals surface area contributed by atoms with Crippen molar-refractivity contribution < 1.29 is 9.57 Å². The fraction of sp³-hybridized carbons (Fsp3) is 0.250. The molecule has 6 nitrogen and oxygen atoms in total. The van der Waals surface area contributed by atoms with E-state index in [4.69, 9.17) is 28.0 Å². The number of rotatable bonds is 4. The van der Waals surface area contributed by atoms with Crippen LogP contribution in [0.4, 0.5) is 5.69 Å². The molecule has 0 spiro atoms. The molecule has 1 N–H and O–H groups in total. The van der Waals surface area contributed by atoms with Crippen molar-refractivity contribution in [2.75, 3.05) is 13.1 Å². The van der Waals surface area contributed by atoms with Crippen LogP contribution in [0.2, 0.25) is 10.0 Å². The lowest BCUT2D eigenvalue weighted by Gasteiger charge is -2.22. The zero-order valence-corrected chi connectivity index (χ0v) is 14.5. The Labute approximate surface area is 149 Å². The number of aromatic nitrogens is 1. The topological polar surface area (TPSA) is 63.8 Å². The lowest BCUT2D eigenvalue weighted by atomic mass is 10.2. The number of hydrogen-bond acceptors (Lipinski definition) is 3. The average molecular weight is 367 g/mol. The van der Waals surface area contributed by atoms with Crippen molar-refractivity contribution in [3.63, 3.8) is 0 Å². The SMILES string of the molecule is CC(ON1CCN/C1=N\c1c(Cl)cccc1Cl)c1cc[n+]([O-])cc1. The number of para-hydroxylation sites is 1. The van der Waals surface area contributed by atoms with E-state index in [0.717, 1.165) is 10.3 Å². The molecule has 1 atom stereocenters. The number of nitrogens with zero attached hydrogens (tertiary/aromatic N) is 3. The number of halogens is 2. The molecule has 0 saturated carbocycles. The molecule has 24 heavy (non-hydrogen) atoms. The third-order valence-electron chi connectivity index (χ3n) is 3.57. The number of hydroxylamine groups is 2. The van der Waals surface area contributed by atoms with Gasteiger partial charge in [0.25, 0.3) is 0 Å². The molecule has 1 unspecified atom stereocenters. The highest BCUT2D eigenvalue weighted by Crippen LogP contribution is 2.33. The van der Waals surface area contributed by atoms with Gasteiger partial charge in [-0.3, -0.25) is 4.84 Å². The second-order valence-electron chi connectivity index (χ2n) is 5.27. The maximum absolute atomic E-state index is 11.1. The van der Waals surface area contributed by atoms with E-state index in [2.05, 4.69) is 10.3 Å². The van der Waals surface area contributed by atoms with Crippen molar-refractivity contribution in [2.24, 2.45) is 4.99 Å². The molecule has 0 aliphatic carbocycles. The van der Waals surface area contributed by atoms with Crippen LogP contribution >= 0.6 is 23.2 Å². The molecule has 126 valence electrons. The predicted octanol–water partition coefficient (Wildman–Crippen LogP) is 3.21. The first-order valence-electron chi connectivity index (χ1n) is 7.44. The van der Waals surface area contributed by atoms with Crippen LogP contribution in [0, 0.1) is 5.21 Å². The normalized spacial score (nSPS) is 17.1. The second kappa shape index (κ2) is 7.25. The van der Waals surface area contributed by atoms with E-state index in [1.165, 1.54) is 12.4 Å². The Hall–Kier alpha value is -2.02. The summed E-state index contributed by atoms with van der Waals surface area (Å²) in [5.74, 6) is 0.548. The first kappa shape index (κ1) is 16.8. The molecular formula is C16H16Cl2N4O2. The number of benzene rings is 1. The Balaban J connectivity index is 1.78. The molecular weight excluding hydrogens is 351 g/mol. The van der Waals surface area contributed by atoms with Gasteiger partial charge in [0, 0.05) is 18.7 Å². The summed E-state index contributed by atoms with van der Waals surface area (Å²) in [7, 11) is 0. The molecule has 1 aliphatic rings. The molecule has 1 saturated heterocycles. The van der Waals surface area contributed by atoms with Gasteiger partial charge in [-0.15, -0.1) is 0 Å². The minimum Gasteiger partial charge on any atom is -0.619 e. The van der Waals surface area contributed by atoms with Gasteiger partial charge in [0.2, 0.25) is 5.96 Å². The zero-order valence-electron chi connectivity index (χ0n) is 12.9. The van der Waals surface area contributed by atoms with Gasteiger partial charge in [-0.05, 0) is 24.6 Å². The largest absolute Gasteiger partial charge is 0.619 e. The van der Waals surface area contributed by atoms with Crippen molar-refractivity contribution >= 4 is 34.8 Å². The molecule has 1 aromatic heterocycles. The molecule has 1 aromatic carbocycles. The number of nitrogens with one attached hydrogen (secondary N) is 1. The highest BCUT2D eigenvalue weighted by Gasteiger charge is 2.23. The summed E-state index contributed by atoms with van der Waals surface area (Å²) >= 11 is 12.3. The zero-order chi connectivity index (χ0) is 17.1. The molecule has 2 aromatic rings. The van der Waals surface area contributed by atoms with Gasteiger partial charge in [0.1, 0.15) is 11.8 Å². The lowest BCUT2D eigenvalue weighted by Crippen LogP contribution is -2.31. The fourth-order valence-electron chi connectivity index (χ4n) is 2.31. The van der Waals surface area contributed by atoms with Gasteiger partial charge in [-0.1, -0.05) is 29.3 Å². The highest BCUT2D eigenvalue weighted by molar-refractivity contribution is 6.38. The van der Waals surface area contributed by atoms with Crippen molar-refractivity contribution in [1.29, 1.82) is 0 Å². The second-order valence-corrected chi connectivity index (χ2v) is 6.09. The summed E-state index contributed by atoms with van der Waals surface area (Å²) < 4.78 is 0.736. The Bertz CT molecular complexity index is 732. The Kier molecular flexibility index (Phi) is 5.08. The van der Waals surface area contributed by atoms with Gasteiger partial charge < -0.3 is 10.5 Å². The van der Waals surface area contributed by atoms with E-state index < -0.39 is 0 Å². The predicted molar refractivity (Wildman–Crippen MR) is 93.2 cm³/mol. The average Bonchev–Trinajstić information content (AvgIpc) is 2.98. The molecule has 2 heterocycles. The fourth-order valence-corrected chi connectivity index (χ4v) is 2.79. The molecule has 8 heteroatoms. The Morgan fingerprint density at radius 3 is 2.58 bits per heavy atom. The lowest BCUT2D eigenvalue weighted by molar-refractivity contribution is -0.605. The molecule has 3 rings (SSSR count).